The highest BCUT2D eigenvalue weighted by atomic mass is 19.1. The fourth-order valence-electron chi connectivity index (χ4n) is 3.53. The number of ether oxygens (including phenoxy) is 1. The van der Waals surface area contributed by atoms with Crippen molar-refractivity contribution in [1.29, 1.82) is 0 Å². The molecule has 0 saturated heterocycles. The number of aliphatic carboxylic acids is 1. The van der Waals surface area contributed by atoms with Crippen LogP contribution in [0.2, 0.25) is 0 Å². The molecule has 7 heteroatoms. The Balaban J connectivity index is 1.72. The number of carbonyl (C=O) groups is 1. The number of hydrogen-bond acceptors (Lipinski definition) is 4. The molecule has 1 aromatic heterocycles. The Labute approximate surface area is 176 Å². The number of carboxylic acid groups (broad SMARTS) is 1. The summed E-state index contributed by atoms with van der Waals surface area (Å²) in [5, 5.41) is 9.81. The molecule has 31 heavy (non-hydrogen) atoms. The van der Waals surface area contributed by atoms with Gasteiger partial charge in [0, 0.05) is 34.2 Å². The molecule has 0 aliphatic carbocycles. The first-order valence-corrected chi connectivity index (χ1v) is 9.58. The van der Waals surface area contributed by atoms with Gasteiger partial charge in [0.1, 0.15) is 29.6 Å². The predicted molar refractivity (Wildman–Crippen MR) is 112 cm³/mol. The molecule has 0 aliphatic heterocycles. The first kappa shape index (κ1) is 20.6. The number of carboxylic acids is 1. The van der Waals surface area contributed by atoms with E-state index >= 15 is 0 Å². The van der Waals surface area contributed by atoms with Crippen LogP contribution >= 0.6 is 0 Å². The largest absolute Gasteiger partial charge is 0.489 e. The van der Waals surface area contributed by atoms with Crippen molar-refractivity contribution < 1.29 is 27.8 Å². The average molecular weight is 423 g/mol. The van der Waals surface area contributed by atoms with Gasteiger partial charge in [-0.3, -0.25) is 4.79 Å². The molecule has 0 bridgehead atoms. The molecular formula is C24H19F2NO4. The van der Waals surface area contributed by atoms with Crippen molar-refractivity contribution in [2.75, 3.05) is 0 Å². The summed E-state index contributed by atoms with van der Waals surface area (Å²) in [6.45, 7) is -0.146. The Bertz CT molecular complexity index is 1270. The number of rotatable bonds is 7. The number of benzene rings is 3. The second kappa shape index (κ2) is 8.57. The van der Waals surface area contributed by atoms with E-state index in [1.807, 2.05) is 6.07 Å². The van der Waals surface area contributed by atoms with E-state index in [4.69, 9.17) is 20.0 Å². The summed E-state index contributed by atoms with van der Waals surface area (Å²) in [5.74, 6) is -1.93. The van der Waals surface area contributed by atoms with Crippen LogP contribution in [0.15, 0.2) is 65.3 Å². The molecular weight excluding hydrogens is 404 g/mol. The van der Waals surface area contributed by atoms with E-state index in [2.05, 4.69) is 0 Å². The molecule has 3 aromatic carbocycles. The Morgan fingerprint density at radius 2 is 1.87 bits per heavy atom. The van der Waals surface area contributed by atoms with E-state index in [9.17, 15) is 13.6 Å². The molecule has 0 radical (unpaired) electrons. The Morgan fingerprint density at radius 3 is 2.65 bits per heavy atom. The molecule has 3 N–H and O–H groups in total. The smallest absolute Gasteiger partial charge is 0.307 e. The van der Waals surface area contributed by atoms with Crippen LogP contribution in [0.4, 0.5) is 8.78 Å². The minimum Gasteiger partial charge on any atom is -0.489 e. The zero-order valence-electron chi connectivity index (χ0n) is 16.4. The van der Waals surface area contributed by atoms with Crippen molar-refractivity contribution in [2.24, 2.45) is 5.73 Å². The maximum Gasteiger partial charge on any atom is 0.307 e. The zero-order chi connectivity index (χ0) is 22.0. The van der Waals surface area contributed by atoms with Crippen molar-refractivity contribution in [3.05, 3.63) is 89.2 Å². The summed E-state index contributed by atoms with van der Waals surface area (Å²) in [6, 6.07) is 14.7. The highest BCUT2D eigenvalue weighted by molar-refractivity contribution is 5.93. The molecule has 0 saturated carbocycles. The van der Waals surface area contributed by atoms with Crippen molar-refractivity contribution in [1.82, 2.24) is 0 Å². The molecule has 0 amide bonds. The second-order valence-corrected chi connectivity index (χ2v) is 7.04. The molecule has 0 unspecified atom stereocenters. The zero-order valence-corrected chi connectivity index (χ0v) is 16.4. The van der Waals surface area contributed by atoms with E-state index in [0.717, 1.165) is 5.39 Å². The monoisotopic (exact) mass is 423 g/mol. The van der Waals surface area contributed by atoms with Crippen LogP contribution in [0.25, 0.3) is 22.1 Å². The molecule has 4 aromatic rings. The van der Waals surface area contributed by atoms with Crippen molar-refractivity contribution in [3.63, 3.8) is 0 Å². The Kier molecular flexibility index (Phi) is 5.68. The van der Waals surface area contributed by atoms with E-state index < -0.39 is 17.6 Å². The van der Waals surface area contributed by atoms with Gasteiger partial charge in [0.15, 0.2) is 0 Å². The second-order valence-electron chi connectivity index (χ2n) is 7.04. The maximum absolute atomic E-state index is 15.0. The van der Waals surface area contributed by atoms with Crippen LogP contribution in [0, 0.1) is 11.6 Å². The summed E-state index contributed by atoms with van der Waals surface area (Å²) in [5.41, 5.74) is 7.68. The third-order valence-corrected chi connectivity index (χ3v) is 5.00. The van der Waals surface area contributed by atoms with Crippen molar-refractivity contribution >= 4 is 16.9 Å². The van der Waals surface area contributed by atoms with E-state index in [-0.39, 0.29) is 30.7 Å². The molecule has 0 aliphatic rings. The number of hydrogen-bond donors (Lipinski definition) is 2. The maximum atomic E-state index is 15.0. The van der Waals surface area contributed by atoms with Crippen molar-refractivity contribution in [2.45, 2.75) is 19.6 Å². The van der Waals surface area contributed by atoms with Crippen LogP contribution in [-0.4, -0.2) is 11.1 Å². The third kappa shape index (κ3) is 4.13. The molecule has 1 heterocycles. The van der Waals surface area contributed by atoms with Gasteiger partial charge in [0.2, 0.25) is 0 Å². The molecule has 158 valence electrons. The fraction of sp³-hybridized carbons (Fsp3) is 0.125. The molecule has 0 atom stereocenters. The normalized spacial score (nSPS) is 11.1. The summed E-state index contributed by atoms with van der Waals surface area (Å²) in [6.07, 6.45) is 1.33. The van der Waals surface area contributed by atoms with Gasteiger partial charge in [-0.1, -0.05) is 18.2 Å². The Morgan fingerprint density at radius 1 is 1.06 bits per heavy atom. The number of nitrogens with two attached hydrogens (primary N) is 1. The van der Waals surface area contributed by atoms with Gasteiger partial charge in [-0.15, -0.1) is 0 Å². The van der Waals surface area contributed by atoms with Gasteiger partial charge in [-0.2, -0.15) is 0 Å². The van der Waals surface area contributed by atoms with Crippen LogP contribution in [-0.2, 0) is 24.4 Å². The van der Waals surface area contributed by atoms with Crippen LogP contribution in [0.1, 0.15) is 16.7 Å². The van der Waals surface area contributed by atoms with Gasteiger partial charge in [-0.25, -0.2) is 8.78 Å². The number of fused-ring (bicyclic) bond motifs is 1. The quantitative estimate of drug-likeness (QED) is 0.435. The molecule has 5 nitrogen and oxygen atoms in total. The SMILES string of the molecule is NCc1c(F)ccc(-c2cc(COc3ccccc3CC(=O)O)cc3ccoc23)c1F. The summed E-state index contributed by atoms with van der Waals surface area (Å²) >= 11 is 0. The van der Waals surface area contributed by atoms with Gasteiger partial charge >= 0.3 is 5.97 Å². The fourth-order valence-corrected chi connectivity index (χ4v) is 3.53. The Hall–Kier alpha value is -3.71. The number of para-hydroxylation sites is 1. The summed E-state index contributed by atoms with van der Waals surface area (Å²) in [4.78, 5) is 11.1. The van der Waals surface area contributed by atoms with Crippen LogP contribution < -0.4 is 10.5 Å². The van der Waals surface area contributed by atoms with E-state index in [1.165, 1.54) is 18.4 Å². The predicted octanol–water partition coefficient (Wildman–Crippen LogP) is 5.04. The van der Waals surface area contributed by atoms with E-state index in [0.29, 0.717) is 28.0 Å². The van der Waals surface area contributed by atoms with Gasteiger partial charge in [0.05, 0.1) is 12.7 Å². The number of furan rings is 1. The van der Waals surface area contributed by atoms with Gasteiger partial charge in [0.25, 0.3) is 0 Å². The standard InChI is InChI=1S/C24H19F2NO4/c25-20-6-5-17(23(26)19(20)12-27)18-10-14(9-16-7-8-30-24(16)18)13-31-21-4-2-1-3-15(21)11-22(28)29/h1-10H,11-13,27H2,(H,28,29). The lowest BCUT2D eigenvalue weighted by molar-refractivity contribution is -0.136. The molecule has 0 fully saturated rings. The lowest BCUT2D eigenvalue weighted by Gasteiger charge is -2.13. The highest BCUT2D eigenvalue weighted by Gasteiger charge is 2.18. The van der Waals surface area contributed by atoms with Crippen LogP contribution in [0.3, 0.4) is 0 Å². The van der Waals surface area contributed by atoms with Gasteiger partial charge in [-0.05, 0) is 42.0 Å². The number of halogens is 2. The highest BCUT2D eigenvalue weighted by Crippen LogP contribution is 2.34. The summed E-state index contributed by atoms with van der Waals surface area (Å²) < 4.78 is 40.3. The topological polar surface area (TPSA) is 85.7 Å². The lowest BCUT2D eigenvalue weighted by atomic mass is 9.98. The first-order valence-electron chi connectivity index (χ1n) is 9.58. The average Bonchev–Trinajstić information content (AvgIpc) is 3.21. The van der Waals surface area contributed by atoms with Gasteiger partial charge < -0.3 is 20.0 Å². The third-order valence-electron chi connectivity index (χ3n) is 5.00. The minimum absolute atomic E-state index is 0.122. The van der Waals surface area contributed by atoms with E-state index in [1.54, 1.807) is 36.4 Å². The molecule has 0 spiro atoms. The summed E-state index contributed by atoms with van der Waals surface area (Å²) in [7, 11) is 0. The minimum atomic E-state index is -0.958. The lowest BCUT2D eigenvalue weighted by Crippen LogP contribution is -2.05. The first-order chi connectivity index (χ1) is 15.0. The van der Waals surface area contributed by atoms with Crippen LogP contribution in [0.5, 0.6) is 5.75 Å². The molecule has 4 rings (SSSR count). The van der Waals surface area contributed by atoms with Crippen molar-refractivity contribution in [3.8, 4) is 16.9 Å².